The summed E-state index contributed by atoms with van der Waals surface area (Å²) >= 11 is 12.8. The Morgan fingerprint density at radius 3 is 2.13 bits per heavy atom. The van der Waals surface area contributed by atoms with Crippen LogP contribution < -0.4 is 19.5 Å². The Morgan fingerprint density at radius 2 is 1.49 bits per heavy atom. The summed E-state index contributed by atoms with van der Waals surface area (Å²) < 4.78 is 6.35. The monoisotopic (exact) mass is 558 g/mol. The molecule has 1 heterocycles. The molecule has 0 radical (unpaired) electrons. The second-order valence-corrected chi connectivity index (χ2v) is 10.2. The van der Waals surface area contributed by atoms with E-state index in [1.807, 2.05) is 108 Å². The predicted octanol–water partition coefficient (Wildman–Crippen LogP) is 7.57. The number of Topliss-reactive ketones (excluding diaryl/α,β-unsaturated/α-hetero) is 1. The van der Waals surface area contributed by atoms with Gasteiger partial charge in [-0.15, -0.1) is 5.10 Å². The Bertz CT molecular complexity index is 1490. The molecule has 1 aliphatic rings. The molecule has 1 unspecified atom stereocenters. The van der Waals surface area contributed by atoms with Gasteiger partial charge in [-0.25, -0.2) is 5.01 Å². The van der Waals surface area contributed by atoms with E-state index >= 15 is 0 Å². The number of hydrogen-bond acceptors (Lipinski definition) is 6. The van der Waals surface area contributed by atoms with Crippen molar-refractivity contribution < 1.29 is 9.53 Å². The number of halogens is 2. The van der Waals surface area contributed by atoms with E-state index in [2.05, 4.69) is 0 Å². The molecule has 1 aliphatic heterocycles. The van der Waals surface area contributed by atoms with Gasteiger partial charge in [0.1, 0.15) is 12.4 Å². The van der Waals surface area contributed by atoms with Gasteiger partial charge in [-0.1, -0.05) is 65.7 Å². The van der Waals surface area contributed by atoms with E-state index in [0.29, 0.717) is 27.2 Å². The van der Waals surface area contributed by atoms with Gasteiger partial charge in [-0.3, -0.25) is 9.69 Å². The highest BCUT2D eigenvalue weighted by Gasteiger charge is 2.40. The van der Waals surface area contributed by atoms with Gasteiger partial charge in [0.25, 0.3) is 0 Å². The number of nitrogens with zero attached hydrogens (tertiary/aromatic N) is 4. The minimum Gasteiger partial charge on any atom is -0.488 e. The number of ether oxygens (including phenoxy) is 1. The largest absolute Gasteiger partial charge is 0.488 e. The van der Waals surface area contributed by atoms with Crippen molar-refractivity contribution in [3.63, 3.8) is 0 Å². The summed E-state index contributed by atoms with van der Waals surface area (Å²) in [7, 11) is 3.98. The molecule has 0 saturated carbocycles. The molecule has 198 valence electrons. The molecular weight excluding hydrogens is 531 g/mol. The number of benzene rings is 4. The van der Waals surface area contributed by atoms with Crippen LogP contribution in [-0.2, 0) is 11.4 Å². The van der Waals surface area contributed by atoms with Crippen LogP contribution in [0.25, 0.3) is 0 Å². The number of carbonyl (C=O) groups is 1. The smallest absolute Gasteiger partial charge is 0.198 e. The lowest BCUT2D eigenvalue weighted by molar-refractivity contribution is -0.111. The molecule has 8 heteroatoms. The molecule has 0 aliphatic carbocycles. The van der Waals surface area contributed by atoms with Crippen LogP contribution in [0.5, 0.6) is 5.75 Å². The van der Waals surface area contributed by atoms with Crippen LogP contribution in [0.4, 0.5) is 17.1 Å². The Labute approximate surface area is 238 Å². The standard InChI is InChI=1S/C31H28Cl2N4O2/c1-21(38)30-34-37(24-10-5-4-6-11-24)31(36(30)23-18-16-22(17-19-23)35(2)3)25-12-7-8-15-29(25)39-20-26-27(32)13-9-14-28(26)33/h4-19,31H,20H2,1-3H3. The second kappa shape index (κ2) is 11.4. The normalized spacial score (nSPS) is 14.8. The lowest BCUT2D eigenvalue weighted by Crippen LogP contribution is -2.38. The number of amidine groups is 1. The summed E-state index contributed by atoms with van der Waals surface area (Å²) in [5.74, 6) is 0.830. The summed E-state index contributed by atoms with van der Waals surface area (Å²) in [6.45, 7) is 1.72. The van der Waals surface area contributed by atoms with Gasteiger partial charge in [0.15, 0.2) is 17.8 Å². The van der Waals surface area contributed by atoms with E-state index in [-0.39, 0.29) is 12.4 Å². The van der Waals surface area contributed by atoms with Crippen molar-refractivity contribution in [3.05, 3.63) is 118 Å². The number of ketones is 1. The van der Waals surface area contributed by atoms with Crippen LogP contribution in [0.3, 0.4) is 0 Å². The third-order valence-corrected chi connectivity index (χ3v) is 7.23. The molecule has 0 fully saturated rings. The van der Waals surface area contributed by atoms with Crippen LogP contribution in [0, 0.1) is 0 Å². The van der Waals surface area contributed by atoms with Gasteiger partial charge in [0.05, 0.1) is 5.69 Å². The minimum absolute atomic E-state index is 0.142. The summed E-state index contributed by atoms with van der Waals surface area (Å²) in [4.78, 5) is 17.0. The quantitative estimate of drug-likeness (QED) is 0.223. The molecule has 0 N–H and O–H groups in total. The van der Waals surface area contributed by atoms with E-state index in [9.17, 15) is 4.79 Å². The first-order valence-electron chi connectivity index (χ1n) is 12.5. The third-order valence-electron chi connectivity index (χ3n) is 6.52. The summed E-state index contributed by atoms with van der Waals surface area (Å²) in [5.41, 5.74) is 4.27. The van der Waals surface area contributed by atoms with E-state index in [0.717, 1.165) is 22.6 Å². The first-order chi connectivity index (χ1) is 18.8. The average molecular weight is 559 g/mol. The molecular formula is C31H28Cl2N4O2. The van der Waals surface area contributed by atoms with E-state index in [1.165, 1.54) is 6.92 Å². The first kappa shape index (κ1) is 26.6. The van der Waals surface area contributed by atoms with Crippen LogP contribution in [0.15, 0.2) is 102 Å². The molecule has 0 saturated heterocycles. The maximum absolute atomic E-state index is 13.0. The number of anilines is 3. The van der Waals surface area contributed by atoms with Gasteiger partial charge in [0.2, 0.25) is 0 Å². The van der Waals surface area contributed by atoms with Gasteiger partial charge in [-0.2, -0.15) is 0 Å². The fourth-order valence-corrected chi connectivity index (χ4v) is 5.05. The van der Waals surface area contributed by atoms with E-state index in [1.54, 1.807) is 18.2 Å². The second-order valence-electron chi connectivity index (χ2n) is 9.34. The predicted molar refractivity (Wildman–Crippen MR) is 160 cm³/mol. The maximum Gasteiger partial charge on any atom is 0.198 e. The van der Waals surface area contributed by atoms with Crippen molar-refractivity contribution in [1.29, 1.82) is 0 Å². The molecule has 0 spiro atoms. The Balaban J connectivity index is 1.62. The van der Waals surface area contributed by atoms with Crippen molar-refractivity contribution in [1.82, 2.24) is 0 Å². The molecule has 4 aromatic rings. The average Bonchev–Trinajstić information content (AvgIpc) is 3.34. The maximum atomic E-state index is 13.0. The van der Waals surface area contributed by atoms with Crippen LogP contribution in [0.2, 0.25) is 10.0 Å². The lowest BCUT2D eigenvalue weighted by atomic mass is 10.1. The van der Waals surface area contributed by atoms with Crippen LogP contribution in [-0.4, -0.2) is 25.7 Å². The molecule has 0 bridgehead atoms. The Morgan fingerprint density at radius 1 is 0.846 bits per heavy atom. The lowest BCUT2D eigenvalue weighted by Gasteiger charge is -2.33. The highest BCUT2D eigenvalue weighted by atomic mass is 35.5. The number of hydrogen-bond donors (Lipinski definition) is 0. The van der Waals surface area contributed by atoms with Crippen molar-refractivity contribution in [2.24, 2.45) is 5.10 Å². The number of para-hydroxylation sites is 2. The number of hydrazone groups is 1. The van der Waals surface area contributed by atoms with Crippen molar-refractivity contribution >= 4 is 51.9 Å². The van der Waals surface area contributed by atoms with Crippen molar-refractivity contribution in [2.45, 2.75) is 19.7 Å². The summed E-state index contributed by atoms with van der Waals surface area (Å²) in [6, 6.07) is 31.0. The number of rotatable bonds is 8. The van der Waals surface area contributed by atoms with Crippen LogP contribution in [0.1, 0.15) is 24.2 Å². The zero-order valence-electron chi connectivity index (χ0n) is 21.9. The van der Waals surface area contributed by atoms with Crippen LogP contribution >= 0.6 is 23.2 Å². The van der Waals surface area contributed by atoms with E-state index in [4.69, 9.17) is 33.0 Å². The van der Waals surface area contributed by atoms with Gasteiger partial charge in [0, 0.05) is 53.6 Å². The SMILES string of the molecule is CC(=O)C1=NN(c2ccccc2)C(c2ccccc2OCc2c(Cl)cccc2Cl)N1c1ccc(N(C)C)cc1. The first-order valence-corrected chi connectivity index (χ1v) is 13.3. The molecule has 0 amide bonds. The fourth-order valence-electron chi connectivity index (χ4n) is 4.54. The highest BCUT2D eigenvalue weighted by molar-refractivity contribution is 6.44. The summed E-state index contributed by atoms with van der Waals surface area (Å²) in [6.07, 6.45) is -0.491. The zero-order valence-corrected chi connectivity index (χ0v) is 23.4. The molecule has 39 heavy (non-hydrogen) atoms. The fraction of sp³-hybridized carbons (Fsp3) is 0.161. The highest BCUT2D eigenvalue weighted by Crippen LogP contribution is 2.42. The Kier molecular flexibility index (Phi) is 7.77. The minimum atomic E-state index is -0.491. The number of carbonyl (C=O) groups excluding carboxylic acids is 1. The third kappa shape index (κ3) is 5.44. The van der Waals surface area contributed by atoms with E-state index < -0.39 is 6.17 Å². The van der Waals surface area contributed by atoms with Gasteiger partial charge in [-0.05, 0) is 54.6 Å². The Hall–Kier alpha value is -4.00. The topological polar surface area (TPSA) is 48.4 Å². The molecule has 6 nitrogen and oxygen atoms in total. The zero-order chi connectivity index (χ0) is 27.5. The molecule has 5 rings (SSSR count). The molecule has 4 aromatic carbocycles. The van der Waals surface area contributed by atoms with Gasteiger partial charge >= 0.3 is 0 Å². The molecule has 1 atom stereocenters. The van der Waals surface area contributed by atoms with Gasteiger partial charge < -0.3 is 9.64 Å². The summed E-state index contributed by atoms with van der Waals surface area (Å²) in [5, 5.41) is 7.78. The molecule has 0 aromatic heterocycles. The van der Waals surface area contributed by atoms with Crippen molar-refractivity contribution in [3.8, 4) is 5.75 Å². The van der Waals surface area contributed by atoms with Crippen molar-refractivity contribution in [2.75, 3.05) is 28.9 Å².